The van der Waals surface area contributed by atoms with Crippen LogP contribution in [0.2, 0.25) is 0 Å². The Morgan fingerprint density at radius 2 is 2.00 bits per heavy atom. The second kappa shape index (κ2) is 7.13. The molecule has 0 aliphatic heterocycles. The molecule has 0 radical (unpaired) electrons. The average Bonchev–Trinajstić information content (AvgIpc) is 3.26. The molecule has 0 saturated heterocycles. The van der Waals surface area contributed by atoms with E-state index in [0.717, 1.165) is 43.6 Å². The molecule has 23 heavy (non-hydrogen) atoms. The van der Waals surface area contributed by atoms with Crippen molar-refractivity contribution in [1.29, 1.82) is 0 Å². The molecule has 1 aromatic carbocycles. The first kappa shape index (κ1) is 16.0. The zero-order chi connectivity index (χ0) is 16.2. The number of ether oxygens (including phenoxy) is 1. The molecule has 1 aromatic heterocycles. The van der Waals surface area contributed by atoms with Crippen molar-refractivity contribution in [2.75, 3.05) is 20.2 Å². The van der Waals surface area contributed by atoms with Crippen LogP contribution in [0.1, 0.15) is 48.0 Å². The Balaban J connectivity index is 1.39. The summed E-state index contributed by atoms with van der Waals surface area (Å²) in [5.41, 5.74) is 2.38. The lowest BCUT2D eigenvalue weighted by Crippen LogP contribution is -2.21. The van der Waals surface area contributed by atoms with Crippen LogP contribution in [0.25, 0.3) is 0 Å². The standard InChI is InChI=1S/C18H25N3O2/c1-13-6-4-7-14(2)17(13)22-11-5-10-21(3)12-16-19-18(23-20-16)15-8-9-15/h4,6-7,15H,5,8-12H2,1-3H3. The minimum Gasteiger partial charge on any atom is -0.493 e. The molecule has 124 valence electrons. The second-order valence-corrected chi connectivity index (χ2v) is 6.48. The van der Waals surface area contributed by atoms with Crippen LogP contribution in [0.15, 0.2) is 22.7 Å². The number of nitrogens with zero attached hydrogens (tertiary/aromatic N) is 3. The van der Waals surface area contributed by atoms with Crippen LogP contribution in [0.4, 0.5) is 0 Å². The summed E-state index contributed by atoms with van der Waals surface area (Å²) in [6, 6.07) is 6.23. The van der Waals surface area contributed by atoms with Gasteiger partial charge in [0.2, 0.25) is 5.89 Å². The Labute approximate surface area is 137 Å². The summed E-state index contributed by atoms with van der Waals surface area (Å²) >= 11 is 0. The fourth-order valence-corrected chi connectivity index (χ4v) is 2.68. The maximum absolute atomic E-state index is 5.94. The average molecular weight is 315 g/mol. The predicted octanol–water partition coefficient (Wildman–Crippen LogP) is 3.46. The molecule has 1 aliphatic carbocycles. The first-order valence-corrected chi connectivity index (χ1v) is 8.33. The van der Waals surface area contributed by atoms with E-state index in [1.807, 2.05) is 0 Å². The molecule has 1 fully saturated rings. The summed E-state index contributed by atoms with van der Waals surface area (Å²) in [7, 11) is 2.08. The third-order valence-corrected chi connectivity index (χ3v) is 4.16. The molecule has 1 saturated carbocycles. The number of benzene rings is 1. The van der Waals surface area contributed by atoms with Gasteiger partial charge < -0.3 is 9.26 Å². The van der Waals surface area contributed by atoms with E-state index in [2.05, 4.69) is 54.1 Å². The first-order valence-electron chi connectivity index (χ1n) is 8.33. The van der Waals surface area contributed by atoms with Gasteiger partial charge >= 0.3 is 0 Å². The van der Waals surface area contributed by atoms with Gasteiger partial charge in [-0.1, -0.05) is 23.4 Å². The lowest BCUT2D eigenvalue weighted by Gasteiger charge is -2.16. The summed E-state index contributed by atoms with van der Waals surface area (Å²) in [5.74, 6) is 3.13. The summed E-state index contributed by atoms with van der Waals surface area (Å²) in [6.45, 7) is 6.55. The number of para-hydroxylation sites is 1. The molecule has 1 aliphatic rings. The number of rotatable bonds is 8. The lowest BCUT2D eigenvalue weighted by molar-refractivity contribution is 0.251. The summed E-state index contributed by atoms with van der Waals surface area (Å²) in [4.78, 5) is 6.66. The maximum Gasteiger partial charge on any atom is 0.229 e. The van der Waals surface area contributed by atoms with Gasteiger partial charge in [0.05, 0.1) is 13.2 Å². The van der Waals surface area contributed by atoms with E-state index in [0.29, 0.717) is 5.92 Å². The van der Waals surface area contributed by atoms with Gasteiger partial charge in [-0.15, -0.1) is 0 Å². The Morgan fingerprint density at radius 1 is 1.26 bits per heavy atom. The Bertz CT molecular complexity index is 629. The van der Waals surface area contributed by atoms with Crippen LogP contribution in [0.3, 0.4) is 0 Å². The fraction of sp³-hybridized carbons (Fsp3) is 0.556. The van der Waals surface area contributed by atoms with Gasteiger partial charge in [-0.3, -0.25) is 4.90 Å². The van der Waals surface area contributed by atoms with Crippen molar-refractivity contribution in [3.05, 3.63) is 41.0 Å². The molecule has 0 amide bonds. The molecule has 5 heteroatoms. The molecule has 3 rings (SSSR count). The van der Waals surface area contributed by atoms with Crippen molar-refractivity contribution < 1.29 is 9.26 Å². The van der Waals surface area contributed by atoms with Gasteiger partial charge in [-0.05, 0) is 51.3 Å². The fourth-order valence-electron chi connectivity index (χ4n) is 2.68. The number of hydrogen-bond acceptors (Lipinski definition) is 5. The summed E-state index contributed by atoms with van der Waals surface area (Å²) in [6.07, 6.45) is 3.35. The SMILES string of the molecule is Cc1cccc(C)c1OCCCN(C)Cc1noc(C2CC2)n1. The van der Waals surface area contributed by atoms with E-state index in [9.17, 15) is 0 Å². The van der Waals surface area contributed by atoms with Crippen LogP contribution in [-0.2, 0) is 6.54 Å². The number of aryl methyl sites for hydroxylation is 2. The van der Waals surface area contributed by atoms with E-state index < -0.39 is 0 Å². The zero-order valence-electron chi connectivity index (χ0n) is 14.2. The molecule has 0 bridgehead atoms. The first-order chi connectivity index (χ1) is 11.1. The van der Waals surface area contributed by atoms with Crippen molar-refractivity contribution in [2.45, 2.75) is 45.6 Å². The van der Waals surface area contributed by atoms with Crippen LogP contribution >= 0.6 is 0 Å². The Morgan fingerprint density at radius 3 is 2.70 bits per heavy atom. The van der Waals surface area contributed by atoms with Crippen molar-refractivity contribution in [2.24, 2.45) is 0 Å². The molecule has 0 atom stereocenters. The molecule has 2 aromatic rings. The Hall–Kier alpha value is -1.88. The largest absolute Gasteiger partial charge is 0.493 e. The van der Waals surface area contributed by atoms with E-state index in [1.165, 1.54) is 24.0 Å². The van der Waals surface area contributed by atoms with Crippen molar-refractivity contribution in [1.82, 2.24) is 15.0 Å². The van der Waals surface area contributed by atoms with Gasteiger partial charge in [-0.25, -0.2) is 0 Å². The normalized spacial score (nSPS) is 14.4. The third kappa shape index (κ3) is 4.32. The van der Waals surface area contributed by atoms with E-state index in [-0.39, 0.29) is 0 Å². The van der Waals surface area contributed by atoms with Gasteiger partial charge in [0.1, 0.15) is 5.75 Å². The molecule has 0 N–H and O–H groups in total. The zero-order valence-corrected chi connectivity index (χ0v) is 14.2. The maximum atomic E-state index is 5.94. The quantitative estimate of drug-likeness (QED) is 0.698. The number of hydrogen-bond donors (Lipinski definition) is 0. The molecule has 5 nitrogen and oxygen atoms in total. The number of aromatic nitrogens is 2. The molecular weight excluding hydrogens is 290 g/mol. The van der Waals surface area contributed by atoms with Crippen molar-refractivity contribution in [3.8, 4) is 5.75 Å². The van der Waals surface area contributed by atoms with Crippen LogP contribution in [0, 0.1) is 13.8 Å². The molecular formula is C18H25N3O2. The topological polar surface area (TPSA) is 51.4 Å². The highest BCUT2D eigenvalue weighted by atomic mass is 16.5. The smallest absolute Gasteiger partial charge is 0.229 e. The summed E-state index contributed by atoms with van der Waals surface area (Å²) < 4.78 is 11.2. The van der Waals surface area contributed by atoms with Gasteiger partial charge in [0.15, 0.2) is 5.82 Å². The van der Waals surface area contributed by atoms with E-state index >= 15 is 0 Å². The van der Waals surface area contributed by atoms with Crippen LogP contribution in [-0.4, -0.2) is 35.2 Å². The Kier molecular flexibility index (Phi) is 4.96. The van der Waals surface area contributed by atoms with Gasteiger partial charge in [0, 0.05) is 12.5 Å². The highest BCUT2D eigenvalue weighted by molar-refractivity contribution is 5.39. The molecule has 1 heterocycles. The minimum atomic E-state index is 0.521. The predicted molar refractivity (Wildman–Crippen MR) is 88.6 cm³/mol. The van der Waals surface area contributed by atoms with E-state index in [1.54, 1.807) is 0 Å². The van der Waals surface area contributed by atoms with Crippen LogP contribution < -0.4 is 4.74 Å². The van der Waals surface area contributed by atoms with Crippen molar-refractivity contribution >= 4 is 0 Å². The van der Waals surface area contributed by atoms with Crippen LogP contribution in [0.5, 0.6) is 5.75 Å². The van der Waals surface area contributed by atoms with E-state index in [4.69, 9.17) is 9.26 Å². The monoisotopic (exact) mass is 315 g/mol. The second-order valence-electron chi connectivity index (χ2n) is 6.48. The highest BCUT2D eigenvalue weighted by Gasteiger charge is 2.29. The lowest BCUT2D eigenvalue weighted by atomic mass is 10.1. The van der Waals surface area contributed by atoms with Gasteiger partial charge in [-0.2, -0.15) is 4.98 Å². The highest BCUT2D eigenvalue weighted by Crippen LogP contribution is 2.38. The molecule has 0 unspecified atom stereocenters. The molecule has 0 spiro atoms. The third-order valence-electron chi connectivity index (χ3n) is 4.16. The van der Waals surface area contributed by atoms with Gasteiger partial charge in [0.25, 0.3) is 0 Å². The minimum absolute atomic E-state index is 0.521. The van der Waals surface area contributed by atoms with Crippen molar-refractivity contribution in [3.63, 3.8) is 0 Å². The summed E-state index contributed by atoms with van der Waals surface area (Å²) in [5, 5.41) is 4.06.